The van der Waals surface area contributed by atoms with Gasteiger partial charge in [0, 0.05) is 44.1 Å². The summed E-state index contributed by atoms with van der Waals surface area (Å²) in [6.07, 6.45) is 19.8. The van der Waals surface area contributed by atoms with Crippen LogP contribution in [0.4, 0.5) is 0 Å². The van der Waals surface area contributed by atoms with Crippen LogP contribution in [0.2, 0.25) is 0 Å². The minimum atomic E-state index is -1.35. The van der Waals surface area contributed by atoms with Crippen molar-refractivity contribution in [1.29, 1.82) is 0 Å². The molecule has 11 nitrogen and oxygen atoms in total. The number of nitrogens with zero attached hydrogens (tertiary/aromatic N) is 2. The zero-order valence-electron chi connectivity index (χ0n) is 34.4. The molecule has 0 spiro atoms. The zero-order chi connectivity index (χ0) is 40.2. The summed E-state index contributed by atoms with van der Waals surface area (Å²) in [6.45, 7) is 9.46. The highest BCUT2D eigenvalue weighted by molar-refractivity contribution is 6.03. The number of amides is 1. The third kappa shape index (κ3) is 12.0. The number of hydrogen-bond acceptors (Lipinski definition) is 10. The van der Waals surface area contributed by atoms with E-state index in [0.717, 1.165) is 61.8 Å². The minimum absolute atomic E-state index is 0.0100. The minimum Gasteiger partial charge on any atom is -0.508 e. The Morgan fingerprint density at radius 1 is 0.946 bits per heavy atom. The maximum Gasteiger partial charge on any atom is 0.239 e. The molecular formula is C45H72N2O9. The Kier molecular flexibility index (Phi) is 20.2. The van der Waals surface area contributed by atoms with Gasteiger partial charge in [-0.15, -0.1) is 6.58 Å². The quantitative estimate of drug-likeness (QED) is 0.0363. The fraction of sp³-hybridized carbons (Fsp3) is 0.733. The van der Waals surface area contributed by atoms with Crippen LogP contribution in [0.25, 0.3) is 0 Å². The number of aliphatic hydroxyl groups is 3. The van der Waals surface area contributed by atoms with E-state index in [1.54, 1.807) is 12.1 Å². The van der Waals surface area contributed by atoms with E-state index in [1.807, 2.05) is 24.0 Å². The van der Waals surface area contributed by atoms with Crippen molar-refractivity contribution in [3.05, 3.63) is 48.1 Å². The zero-order valence-corrected chi connectivity index (χ0v) is 34.4. The van der Waals surface area contributed by atoms with Gasteiger partial charge in [0.2, 0.25) is 11.7 Å². The summed E-state index contributed by atoms with van der Waals surface area (Å²) in [6, 6.07) is 4.63. The van der Waals surface area contributed by atoms with Crippen molar-refractivity contribution < 1.29 is 44.3 Å². The molecule has 1 heterocycles. The second-order valence-corrected chi connectivity index (χ2v) is 15.7. The van der Waals surface area contributed by atoms with Crippen LogP contribution in [0.15, 0.2) is 47.7 Å². The number of oxime groups is 1. The van der Waals surface area contributed by atoms with Gasteiger partial charge in [0.25, 0.3) is 0 Å². The fourth-order valence-electron chi connectivity index (χ4n) is 9.31. The number of phenolic OH excluding ortho intramolecular Hbond substituents is 1. The molecule has 1 fully saturated rings. The van der Waals surface area contributed by atoms with Crippen molar-refractivity contribution in [3.63, 3.8) is 0 Å². The van der Waals surface area contributed by atoms with Crippen molar-refractivity contribution in [2.45, 2.75) is 141 Å². The van der Waals surface area contributed by atoms with Gasteiger partial charge in [-0.1, -0.05) is 88.4 Å². The predicted molar refractivity (Wildman–Crippen MR) is 220 cm³/mol. The first-order chi connectivity index (χ1) is 27.4. The Labute approximate surface area is 336 Å². The van der Waals surface area contributed by atoms with Crippen molar-refractivity contribution in [2.24, 2.45) is 22.9 Å². The summed E-state index contributed by atoms with van der Waals surface area (Å²) in [5, 5.41) is 44.7. The second-order valence-electron chi connectivity index (χ2n) is 15.7. The second kappa shape index (κ2) is 24.7. The van der Waals surface area contributed by atoms with Crippen molar-refractivity contribution in [2.75, 3.05) is 52.8 Å². The number of hydrogen-bond donors (Lipinski definition) is 4. The molecule has 56 heavy (non-hydrogen) atoms. The molecule has 0 saturated heterocycles. The van der Waals surface area contributed by atoms with Crippen LogP contribution in [0.1, 0.15) is 134 Å². The molecule has 1 aromatic carbocycles. The molecule has 1 aliphatic heterocycles. The van der Waals surface area contributed by atoms with E-state index in [4.69, 9.17) is 24.2 Å². The van der Waals surface area contributed by atoms with E-state index in [9.17, 15) is 25.2 Å². The molecule has 0 radical (unpaired) electrons. The van der Waals surface area contributed by atoms with Crippen LogP contribution < -0.4 is 4.74 Å². The van der Waals surface area contributed by atoms with E-state index in [0.29, 0.717) is 38.0 Å². The number of phenols is 1. The molecule has 1 aromatic rings. The number of fused-ring (bicyclic) bond motifs is 2. The highest BCUT2D eigenvalue weighted by Crippen LogP contribution is 2.61. The summed E-state index contributed by atoms with van der Waals surface area (Å²) in [7, 11) is 0. The van der Waals surface area contributed by atoms with Crippen molar-refractivity contribution >= 4 is 11.6 Å². The largest absolute Gasteiger partial charge is 0.508 e. The summed E-state index contributed by atoms with van der Waals surface area (Å²) in [5.41, 5.74) is 2.60. The molecule has 3 aliphatic rings. The van der Waals surface area contributed by atoms with E-state index in [-0.39, 0.29) is 75.6 Å². The van der Waals surface area contributed by atoms with Gasteiger partial charge in [0.05, 0.1) is 38.1 Å². The van der Waals surface area contributed by atoms with Crippen molar-refractivity contribution in [1.82, 2.24) is 4.90 Å². The Bertz CT molecular complexity index is 1390. The van der Waals surface area contributed by atoms with Gasteiger partial charge < -0.3 is 44.4 Å². The number of unbranched alkanes of at least 4 members (excludes halogenated alkanes) is 10. The lowest BCUT2D eigenvalue weighted by atomic mass is 9.55. The van der Waals surface area contributed by atoms with E-state index in [1.165, 1.54) is 38.5 Å². The van der Waals surface area contributed by atoms with Crippen LogP contribution >= 0.6 is 0 Å². The summed E-state index contributed by atoms with van der Waals surface area (Å²) in [4.78, 5) is 22.3. The smallest absolute Gasteiger partial charge is 0.239 e. The van der Waals surface area contributed by atoms with Crippen LogP contribution in [-0.2, 0) is 19.1 Å². The lowest BCUT2D eigenvalue weighted by Gasteiger charge is -2.60. The number of benzene rings is 1. The first kappa shape index (κ1) is 45.7. The fourth-order valence-corrected chi connectivity index (χ4v) is 9.31. The van der Waals surface area contributed by atoms with Gasteiger partial charge in [0.15, 0.2) is 0 Å². The van der Waals surface area contributed by atoms with Gasteiger partial charge in [-0.05, 0) is 74.6 Å². The Morgan fingerprint density at radius 3 is 2.34 bits per heavy atom. The number of ether oxygens (including phenoxy) is 3. The van der Waals surface area contributed by atoms with Crippen LogP contribution in [0, 0.1) is 17.8 Å². The monoisotopic (exact) mass is 785 g/mol. The van der Waals surface area contributed by atoms with E-state index < -0.39 is 17.7 Å². The highest BCUT2D eigenvalue weighted by Gasteiger charge is 2.65. The number of aliphatic hydroxyl groups excluding tert-OH is 3. The van der Waals surface area contributed by atoms with Gasteiger partial charge in [-0.3, -0.25) is 4.79 Å². The maximum absolute atomic E-state index is 14.6. The lowest BCUT2D eigenvalue weighted by molar-refractivity contribution is -0.258. The molecule has 4 rings (SSSR count). The summed E-state index contributed by atoms with van der Waals surface area (Å²) < 4.78 is 20.0. The summed E-state index contributed by atoms with van der Waals surface area (Å²) in [5.74, 6) is -1.04. The van der Waals surface area contributed by atoms with Crippen LogP contribution in [-0.4, -0.2) is 102 Å². The number of allylic oxidation sites excluding steroid dienone is 1. The topological polar surface area (TPSA) is 151 Å². The molecule has 1 saturated carbocycles. The Hall–Kier alpha value is -2.96. The number of aromatic hydroxyl groups is 1. The van der Waals surface area contributed by atoms with Gasteiger partial charge in [0.1, 0.15) is 24.1 Å². The molecule has 2 aliphatic carbocycles. The first-order valence-corrected chi connectivity index (χ1v) is 21.8. The molecule has 316 valence electrons. The highest BCUT2D eigenvalue weighted by atomic mass is 16.7. The van der Waals surface area contributed by atoms with E-state index in [2.05, 4.69) is 19.6 Å². The molecule has 0 bridgehead atoms. The van der Waals surface area contributed by atoms with Crippen LogP contribution in [0.3, 0.4) is 0 Å². The molecule has 11 heteroatoms. The standard InChI is InChI=1S/C45H72N2O9/c1-4-7-8-9-10-11-12-13-14-21-42(52)47(24-29-53-30-27-50)41-33-39(46-55-6-3)37-31-34(19-15-17-25-48)36(20-16-18-26-49)43-38-32-35(51)22-23-40(38)56-45(41,44(37)43)54-28-5-2/h5,22-23,31-32,34,36,41,43-44,48-51H,2,4,6-21,24-30,33H2,1,3H3/t34-,36+,41-,43+,44+,45+/m0/s1. The third-order valence-electron chi connectivity index (χ3n) is 11.9. The predicted octanol–water partition coefficient (Wildman–Crippen LogP) is 7.80. The number of carbonyl (C=O) groups is 1. The molecule has 0 unspecified atom stereocenters. The average molecular weight is 785 g/mol. The lowest BCUT2D eigenvalue weighted by Crippen LogP contribution is -2.70. The molecule has 4 N–H and O–H groups in total. The first-order valence-electron chi connectivity index (χ1n) is 21.8. The SMILES string of the molecule is C=CCO[C@@]12Oc3ccc(O)cc3[C@H]3[C@H](CCCCO)[C@@H](CCCCO)C=C(C(=NOCC)C[C@@H]1N(CCOCCO)C(=O)CCCCCCCCCCC)[C@H]32. The van der Waals surface area contributed by atoms with Crippen molar-refractivity contribution in [3.8, 4) is 11.5 Å². The molecule has 6 atom stereocenters. The molecule has 1 amide bonds. The maximum atomic E-state index is 14.6. The van der Waals surface area contributed by atoms with Crippen LogP contribution in [0.5, 0.6) is 11.5 Å². The average Bonchev–Trinajstić information content (AvgIpc) is 3.20. The summed E-state index contributed by atoms with van der Waals surface area (Å²) >= 11 is 0. The number of rotatable bonds is 29. The molecular weight excluding hydrogens is 712 g/mol. The van der Waals surface area contributed by atoms with Gasteiger partial charge in [-0.2, -0.15) is 0 Å². The molecule has 0 aromatic heterocycles. The Balaban J connectivity index is 1.82. The Morgan fingerprint density at radius 2 is 1.66 bits per heavy atom. The number of carbonyl (C=O) groups excluding carboxylic acids is 1. The third-order valence-corrected chi connectivity index (χ3v) is 11.9. The normalized spacial score (nSPS) is 24.6. The van der Waals surface area contributed by atoms with E-state index >= 15 is 0 Å². The van der Waals surface area contributed by atoms with Gasteiger partial charge >= 0.3 is 0 Å². The van der Waals surface area contributed by atoms with Gasteiger partial charge in [-0.25, -0.2) is 0 Å².